The molecule has 2 aliphatic heterocycles. The molecule has 7 nitrogen and oxygen atoms in total. The maximum Gasteiger partial charge on any atom is 0.514 e. The number of nitrogens with zero attached hydrogens (tertiary/aromatic N) is 1. The summed E-state index contributed by atoms with van der Waals surface area (Å²) in [7, 11) is -2.11. The number of fused-ring (bicyclic) bond motifs is 1. The second-order valence-electron chi connectivity index (χ2n) is 10.9. The molecule has 202 valence electrons. The Morgan fingerprint density at radius 2 is 1.95 bits per heavy atom. The van der Waals surface area contributed by atoms with Crippen LogP contribution in [0.3, 0.4) is 0 Å². The molecular weight excluding hydrogens is 488 g/mol. The van der Waals surface area contributed by atoms with E-state index in [0.717, 1.165) is 37.7 Å². The average Bonchev–Trinajstić information content (AvgIpc) is 3.22. The third-order valence-corrected chi connectivity index (χ3v) is 10.6. The minimum Gasteiger partial charge on any atom is -0.496 e. The monoisotopic (exact) mass is 529 g/mol. The van der Waals surface area contributed by atoms with Gasteiger partial charge in [-0.3, -0.25) is 5.32 Å². The lowest BCUT2D eigenvalue weighted by atomic mass is 9.88. The first kappa shape index (κ1) is 27.6. The topological polar surface area (TPSA) is 92.7 Å². The average molecular weight is 530 g/mol. The number of rotatable bonds is 8. The zero-order valence-electron chi connectivity index (χ0n) is 22.5. The van der Waals surface area contributed by atoms with Crippen LogP contribution < -0.4 is 10.1 Å². The zero-order chi connectivity index (χ0) is 26.8. The lowest BCUT2D eigenvalue weighted by Gasteiger charge is -2.36. The van der Waals surface area contributed by atoms with Gasteiger partial charge in [-0.2, -0.15) is 4.79 Å². The van der Waals surface area contributed by atoms with Gasteiger partial charge in [-0.15, -0.1) is 0 Å². The number of sulfone groups is 1. The maximum atomic E-state index is 14.1. The van der Waals surface area contributed by atoms with E-state index in [-0.39, 0.29) is 33.8 Å². The fourth-order valence-electron chi connectivity index (χ4n) is 6.27. The van der Waals surface area contributed by atoms with Crippen LogP contribution in [0.25, 0.3) is 0 Å². The Hall–Kier alpha value is -2.42. The summed E-state index contributed by atoms with van der Waals surface area (Å²) in [5.74, 6) is 0.542. The Bertz CT molecular complexity index is 1230. The quantitative estimate of drug-likeness (QED) is 0.428. The van der Waals surface area contributed by atoms with Crippen LogP contribution in [0.2, 0.25) is 0 Å². The van der Waals surface area contributed by atoms with Gasteiger partial charge in [-0.05, 0) is 43.0 Å². The number of amides is 1. The molecule has 8 heteroatoms. The Balaban J connectivity index is 1.92. The SMILES string of the molecule is CCCC[C@]1(CC)CS(=O)(=O)c2cc(C[N+]3(C(=O)O)CCC[C@H]3C)c(OC)cc2[C@@H](c2ccccc2)N1. The summed E-state index contributed by atoms with van der Waals surface area (Å²) < 4.78 is 33.8. The van der Waals surface area contributed by atoms with Gasteiger partial charge in [0.05, 0.1) is 42.0 Å². The van der Waals surface area contributed by atoms with Gasteiger partial charge >= 0.3 is 6.09 Å². The Morgan fingerprint density at radius 1 is 1.22 bits per heavy atom. The fourth-order valence-corrected chi connectivity index (χ4v) is 8.44. The van der Waals surface area contributed by atoms with Crippen LogP contribution in [0.15, 0.2) is 47.4 Å². The number of nitrogens with one attached hydrogen (secondary N) is 1. The molecule has 37 heavy (non-hydrogen) atoms. The highest BCUT2D eigenvalue weighted by Crippen LogP contribution is 2.42. The third kappa shape index (κ3) is 5.16. The number of benzene rings is 2. The second-order valence-corrected chi connectivity index (χ2v) is 12.8. The van der Waals surface area contributed by atoms with Crippen LogP contribution in [0.4, 0.5) is 4.79 Å². The largest absolute Gasteiger partial charge is 0.514 e. The van der Waals surface area contributed by atoms with Crippen molar-refractivity contribution in [2.45, 2.75) is 88.4 Å². The summed E-state index contributed by atoms with van der Waals surface area (Å²) in [6.45, 7) is 6.86. The highest BCUT2D eigenvalue weighted by Gasteiger charge is 2.48. The molecule has 0 radical (unpaired) electrons. The molecule has 4 atom stereocenters. The number of hydrogen-bond donors (Lipinski definition) is 2. The van der Waals surface area contributed by atoms with E-state index < -0.39 is 21.5 Å². The van der Waals surface area contributed by atoms with Gasteiger partial charge in [0.1, 0.15) is 12.3 Å². The maximum absolute atomic E-state index is 14.1. The van der Waals surface area contributed by atoms with Crippen molar-refractivity contribution in [2.75, 3.05) is 19.4 Å². The van der Waals surface area contributed by atoms with Crippen molar-refractivity contribution < 1.29 is 27.5 Å². The van der Waals surface area contributed by atoms with E-state index in [4.69, 9.17) is 4.74 Å². The van der Waals surface area contributed by atoms with Crippen molar-refractivity contribution >= 4 is 15.9 Å². The lowest BCUT2D eigenvalue weighted by molar-refractivity contribution is -0.880. The van der Waals surface area contributed by atoms with E-state index in [1.165, 1.54) is 0 Å². The number of methoxy groups -OCH3 is 1. The lowest BCUT2D eigenvalue weighted by Crippen LogP contribution is -2.53. The van der Waals surface area contributed by atoms with Crippen LogP contribution in [0.1, 0.15) is 82.0 Å². The molecule has 2 aliphatic rings. The molecule has 1 amide bonds. The first-order chi connectivity index (χ1) is 17.6. The third-order valence-electron chi connectivity index (χ3n) is 8.65. The summed E-state index contributed by atoms with van der Waals surface area (Å²) in [4.78, 5) is 12.8. The molecule has 2 aromatic rings. The Labute approximate surface area is 221 Å². The highest BCUT2D eigenvalue weighted by atomic mass is 32.2. The summed E-state index contributed by atoms with van der Waals surface area (Å²) in [5.41, 5.74) is 1.72. The molecule has 0 aliphatic carbocycles. The van der Waals surface area contributed by atoms with Crippen molar-refractivity contribution in [1.82, 2.24) is 5.32 Å². The van der Waals surface area contributed by atoms with E-state index in [2.05, 4.69) is 19.2 Å². The molecule has 0 saturated carbocycles. The van der Waals surface area contributed by atoms with Gasteiger partial charge < -0.3 is 9.84 Å². The number of carbonyl (C=O) groups is 1. The Kier molecular flexibility index (Phi) is 8.02. The molecular formula is C29H41N2O5S+. The first-order valence-corrected chi connectivity index (χ1v) is 15.1. The van der Waals surface area contributed by atoms with Crippen molar-refractivity contribution in [1.29, 1.82) is 0 Å². The number of likely N-dealkylation sites (tertiary alicyclic amines) is 1. The molecule has 1 saturated heterocycles. The predicted molar refractivity (Wildman–Crippen MR) is 145 cm³/mol. The van der Waals surface area contributed by atoms with E-state index in [0.29, 0.717) is 29.8 Å². The summed E-state index contributed by atoms with van der Waals surface area (Å²) in [6.07, 6.45) is 4.14. The van der Waals surface area contributed by atoms with Gasteiger partial charge in [0.15, 0.2) is 9.84 Å². The predicted octanol–water partition coefficient (Wildman–Crippen LogP) is 5.68. The molecule has 0 bridgehead atoms. The Morgan fingerprint density at radius 3 is 2.51 bits per heavy atom. The normalized spacial score (nSPS) is 28.9. The molecule has 0 spiro atoms. The van der Waals surface area contributed by atoms with Gasteiger partial charge in [0.2, 0.25) is 0 Å². The smallest absolute Gasteiger partial charge is 0.496 e. The fraction of sp³-hybridized carbons (Fsp3) is 0.552. The van der Waals surface area contributed by atoms with Crippen molar-refractivity contribution in [2.24, 2.45) is 0 Å². The molecule has 2 aromatic carbocycles. The number of unbranched alkanes of at least 4 members (excludes halogenated alkanes) is 1. The van der Waals surface area contributed by atoms with E-state index >= 15 is 0 Å². The van der Waals surface area contributed by atoms with Crippen molar-refractivity contribution in [3.05, 3.63) is 59.2 Å². The molecule has 1 unspecified atom stereocenters. The summed E-state index contributed by atoms with van der Waals surface area (Å²) in [6, 6.07) is 13.1. The van der Waals surface area contributed by atoms with Gasteiger partial charge in [0, 0.05) is 18.4 Å². The van der Waals surface area contributed by atoms with Gasteiger partial charge in [-0.25, -0.2) is 12.9 Å². The standard InChI is InChI=1S/C29H40N2O5S/c1-5-7-15-29(6-2)20-37(34,35)26-17-23(19-31(28(32)33)16-11-12-21(31)3)25(36-4)18-24(26)27(30-29)22-13-9-8-10-14-22/h8-10,13-14,17-18,21,27,30H,5-7,11-12,15-16,19-20H2,1-4H3/p+1/t21-,27-,29-,31?/m1/s1. The molecule has 1 fully saturated rings. The van der Waals surface area contributed by atoms with Crippen LogP contribution in [0.5, 0.6) is 5.75 Å². The molecule has 4 rings (SSSR count). The van der Waals surface area contributed by atoms with Gasteiger partial charge in [-0.1, -0.05) is 57.0 Å². The van der Waals surface area contributed by atoms with E-state index in [1.54, 1.807) is 13.2 Å². The molecule has 2 heterocycles. The summed E-state index contributed by atoms with van der Waals surface area (Å²) >= 11 is 0. The van der Waals surface area contributed by atoms with Crippen molar-refractivity contribution in [3.8, 4) is 5.75 Å². The van der Waals surface area contributed by atoms with E-state index in [1.807, 2.05) is 43.3 Å². The van der Waals surface area contributed by atoms with Crippen molar-refractivity contribution in [3.63, 3.8) is 0 Å². The van der Waals surface area contributed by atoms with Crippen LogP contribution in [-0.2, 0) is 16.4 Å². The molecule has 0 aromatic heterocycles. The number of hydrogen-bond acceptors (Lipinski definition) is 5. The van der Waals surface area contributed by atoms with Crippen LogP contribution >= 0.6 is 0 Å². The van der Waals surface area contributed by atoms with Crippen LogP contribution in [0, 0.1) is 0 Å². The summed E-state index contributed by atoms with van der Waals surface area (Å²) in [5, 5.41) is 14.0. The minimum atomic E-state index is -3.68. The van der Waals surface area contributed by atoms with Gasteiger partial charge in [0.25, 0.3) is 0 Å². The first-order valence-electron chi connectivity index (χ1n) is 13.5. The van der Waals surface area contributed by atoms with Crippen LogP contribution in [-0.4, -0.2) is 55.1 Å². The second kappa shape index (κ2) is 10.8. The number of ether oxygens (including phenoxy) is 1. The van der Waals surface area contributed by atoms with E-state index in [9.17, 15) is 18.3 Å². The zero-order valence-corrected chi connectivity index (χ0v) is 23.3. The molecule has 2 N–H and O–H groups in total. The number of quaternary nitrogens is 1. The number of carboxylic acid groups (broad SMARTS) is 1. The minimum absolute atomic E-state index is 0.00787. The highest BCUT2D eigenvalue weighted by molar-refractivity contribution is 7.91.